The van der Waals surface area contributed by atoms with E-state index in [2.05, 4.69) is 5.32 Å². The zero-order valence-electron chi connectivity index (χ0n) is 15.4. The molecule has 148 valence electrons. The van der Waals surface area contributed by atoms with Gasteiger partial charge in [-0.05, 0) is 55.7 Å². The van der Waals surface area contributed by atoms with Gasteiger partial charge in [-0.2, -0.15) is 0 Å². The number of benzene rings is 1. The summed E-state index contributed by atoms with van der Waals surface area (Å²) in [6.07, 6.45) is 7.58. The normalized spacial score (nSPS) is 28.4. The highest BCUT2D eigenvalue weighted by molar-refractivity contribution is 6.34. The lowest BCUT2D eigenvalue weighted by Crippen LogP contribution is -2.42. The van der Waals surface area contributed by atoms with E-state index in [4.69, 9.17) is 11.6 Å². The summed E-state index contributed by atoms with van der Waals surface area (Å²) in [6.45, 7) is 1.46. The summed E-state index contributed by atoms with van der Waals surface area (Å²) < 4.78 is 0. The van der Waals surface area contributed by atoms with Gasteiger partial charge in [-0.25, -0.2) is 0 Å². The summed E-state index contributed by atoms with van der Waals surface area (Å²) >= 11 is 6.31. The van der Waals surface area contributed by atoms with Crippen LogP contribution in [0.5, 0.6) is 0 Å². The van der Waals surface area contributed by atoms with Crippen LogP contribution in [0.1, 0.15) is 36.0 Å². The molecule has 1 saturated heterocycles. The maximum Gasteiger partial charge on any atom is 0.255 e. The van der Waals surface area contributed by atoms with Gasteiger partial charge in [-0.3, -0.25) is 9.59 Å². The Balaban J connectivity index is 1.47. The molecule has 0 spiro atoms. The van der Waals surface area contributed by atoms with Crippen LogP contribution in [-0.4, -0.2) is 35.8 Å². The molecule has 1 aromatic carbocycles. The van der Waals surface area contributed by atoms with Crippen molar-refractivity contribution < 1.29 is 19.5 Å². The molecular weight excluding hydrogens is 380 g/mol. The number of carboxylic acid groups (broad SMARTS) is 1. The fourth-order valence-corrected chi connectivity index (χ4v) is 5.02. The first-order valence-corrected chi connectivity index (χ1v) is 10.1. The van der Waals surface area contributed by atoms with E-state index in [-0.39, 0.29) is 28.7 Å². The van der Waals surface area contributed by atoms with Crippen molar-refractivity contribution in [1.29, 1.82) is 0 Å². The van der Waals surface area contributed by atoms with E-state index in [0.29, 0.717) is 17.7 Å². The third kappa shape index (κ3) is 3.41. The van der Waals surface area contributed by atoms with Gasteiger partial charge in [0, 0.05) is 30.7 Å². The molecule has 1 N–H and O–H groups in total. The second-order valence-electron chi connectivity index (χ2n) is 7.86. The van der Waals surface area contributed by atoms with E-state index in [0.717, 1.165) is 32.4 Å². The number of amides is 2. The molecule has 7 heteroatoms. The number of carboxylic acids is 1. The Bertz CT molecular complexity index is 847. The van der Waals surface area contributed by atoms with Gasteiger partial charge in [0.05, 0.1) is 16.5 Å². The van der Waals surface area contributed by atoms with Gasteiger partial charge < -0.3 is 20.1 Å². The fraction of sp³-hybridized carbons (Fsp3) is 0.476. The van der Waals surface area contributed by atoms with Crippen molar-refractivity contribution in [2.75, 3.05) is 18.4 Å². The number of carbonyl (C=O) groups excluding carboxylic acids is 3. The Hall–Kier alpha value is -2.34. The van der Waals surface area contributed by atoms with Gasteiger partial charge in [0.2, 0.25) is 5.91 Å². The molecule has 6 nitrogen and oxygen atoms in total. The summed E-state index contributed by atoms with van der Waals surface area (Å²) in [6, 6.07) is 4.80. The van der Waals surface area contributed by atoms with Crippen LogP contribution in [0.4, 0.5) is 5.69 Å². The number of rotatable bonds is 4. The fourth-order valence-electron chi connectivity index (χ4n) is 4.76. The highest BCUT2D eigenvalue weighted by Crippen LogP contribution is 2.48. The molecule has 0 aromatic heterocycles. The average Bonchev–Trinajstić information content (AvgIpc) is 3.30. The van der Waals surface area contributed by atoms with Crippen molar-refractivity contribution in [3.05, 3.63) is 40.9 Å². The van der Waals surface area contributed by atoms with Gasteiger partial charge in [-0.1, -0.05) is 23.8 Å². The Morgan fingerprint density at radius 2 is 1.71 bits per heavy atom. The van der Waals surface area contributed by atoms with E-state index >= 15 is 0 Å². The van der Waals surface area contributed by atoms with Crippen molar-refractivity contribution in [2.24, 2.45) is 23.7 Å². The molecule has 1 aliphatic heterocycles. The van der Waals surface area contributed by atoms with Crippen LogP contribution in [-0.2, 0) is 9.59 Å². The number of hydrogen-bond donors (Lipinski definition) is 1. The van der Waals surface area contributed by atoms with Gasteiger partial charge >= 0.3 is 0 Å². The van der Waals surface area contributed by atoms with Crippen LogP contribution in [0.2, 0.25) is 5.02 Å². The second-order valence-corrected chi connectivity index (χ2v) is 8.26. The van der Waals surface area contributed by atoms with Crippen molar-refractivity contribution in [1.82, 2.24) is 4.90 Å². The highest BCUT2D eigenvalue weighted by Gasteiger charge is 2.48. The maximum absolute atomic E-state index is 12.7. The number of likely N-dealkylation sites (tertiary alicyclic amines) is 1. The Kier molecular flexibility index (Phi) is 5.15. The molecule has 2 bridgehead atoms. The average molecular weight is 402 g/mol. The topological polar surface area (TPSA) is 89.5 Å². The lowest BCUT2D eigenvalue weighted by Gasteiger charge is -2.28. The summed E-state index contributed by atoms with van der Waals surface area (Å²) in [4.78, 5) is 38.7. The lowest BCUT2D eigenvalue weighted by atomic mass is 9.82. The highest BCUT2D eigenvalue weighted by atomic mass is 35.5. The molecule has 1 heterocycles. The standard InChI is InChI=1S/C21H23ClN2O4/c22-16-11-14(6-7-15(16)20(26)24-8-2-1-3-9-24)23-19(25)17-12-4-5-13(10-12)18(17)21(27)28/h4-7,11-13,17-18H,1-3,8-10H2,(H,23,25)(H,27,28)/p-1/t12-,13+,17+,18+/m1/s1. The molecule has 1 aromatic rings. The molecule has 2 fully saturated rings. The van der Waals surface area contributed by atoms with Crippen molar-refractivity contribution in [2.45, 2.75) is 25.7 Å². The quantitative estimate of drug-likeness (QED) is 0.782. The van der Waals surface area contributed by atoms with Crippen molar-refractivity contribution >= 4 is 35.1 Å². The smallest absolute Gasteiger partial charge is 0.255 e. The number of nitrogens with zero attached hydrogens (tertiary/aromatic N) is 1. The third-order valence-corrected chi connectivity index (χ3v) is 6.46. The number of fused-ring (bicyclic) bond motifs is 2. The minimum absolute atomic E-state index is 0.0803. The van der Waals surface area contributed by atoms with Crippen LogP contribution < -0.4 is 10.4 Å². The largest absolute Gasteiger partial charge is 0.550 e. The SMILES string of the molecule is O=C(Nc1ccc(C(=O)N2CCCCC2)c(Cl)c1)[C@@H]1[C@@H](C(=O)[O-])[C@H]2C=C[C@@H]1C2. The maximum atomic E-state index is 12.7. The molecule has 28 heavy (non-hydrogen) atoms. The van der Waals surface area contributed by atoms with Gasteiger partial charge in [0.25, 0.3) is 5.91 Å². The Morgan fingerprint density at radius 1 is 1.04 bits per heavy atom. The molecule has 0 radical (unpaired) electrons. The summed E-state index contributed by atoms with van der Waals surface area (Å²) in [7, 11) is 0. The lowest BCUT2D eigenvalue weighted by molar-refractivity contribution is -0.313. The minimum Gasteiger partial charge on any atom is -0.550 e. The number of aliphatic carboxylic acids is 1. The summed E-state index contributed by atoms with van der Waals surface area (Å²) in [5.74, 6) is -3.30. The number of hydrogen-bond acceptors (Lipinski definition) is 4. The molecule has 3 aliphatic rings. The number of anilines is 1. The first-order chi connectivity index (χ1) is 13.5. The zero-order chi connectivity index (χ0) is 19.8. The van der Waals surface area contributed by atoms with E-state index in [1.807, 2.05) is 12.2 Å². The molecule has 1 saturated carbocycles. The van der Waals surface area contributed by atoms with Gasteiger partial charge in [0.1, 0.15) is 0 Å². The molecule has 2 aliphatic carbocycles. The van der Waals surface area contributed by atoms with Crippen LogP contribution in [0.3, 0.4) is 0 Å². The second kappa shape index (κ2) is 7.59. The van der Waals surface area contributed by atoms with Crippen LogP contribution >= 0.6 is 11.6 Å². The predicted octanol–water partition coefficient (Wildman–Crippen LogP) is 2.09. The van der Waals surface area contributed by atoms with Crippen molar-refractivity contribution in [3.63, 3.8) is 0 Å². The number of carbonyl (C=O) groups is 3. The number of piperidine rings is 1. The number of halogens is 1. The van der Waals surface area contributed by atoms with Crippen LogP contribution in [0.25, 0.3) is 0 Å². The predicted molar refractivity (Wildman–Crippen MR) is 103 cm³/mol. The number of allylic oxidation sites excluding steroid dienone is 2. The van der Waals surface area contributed by atoms with E-state index in [1.54, 1.807) is 23.1 Å². The summed E-state index contributed by atoms with van der Waals surface area (Å²) in [5, 5.41) is 14.5. The Labute approximate surface area is 168 Å². The molecule has 2 amide bonds. The number of nitrogens with one attached hydrogen (secondary N) is 1. The van der Waals surface area contributed by atoms with Gasteiger partial charge in [-0.15, -0.1) is 0 Å². The molecule has 4 rings (SSSR count). The first-order valence-electron chi connectivity index (χ1n) is 9.74. The minimum atomic E-state index is -1.18. The Morgan fingerprint density at radius 3 is 2.36 bits per heavy atom. The van der Waals surface area contributed by atoms with E-state index in [1.165, 1.54) is 0 Å². The van der Waals surface area contributed by atoms with Gasteiger partial charge in [0.15, 0.2) is 0 Å². The monoisotopic (exact) mass is 401 g/mol. The molecule has 0 unspecified atom stereocenters. The third-order valence-electron chi connectivity index (χ3n) is 6.14. The molecular formula is C21H22ClN2O4-. The van der Waals surface area contributed by atoms with E-state index in [9.17, 15) is 19.5 Å². The first kappa shape index (κ1) is 19.0. The van der Waals surface area contributed by atoms with E-state index < -0.39 is 17.8 Å². The molecule has 4 atom stereocenters. The summed E-state index contributed by atoms with van der Waals surface area (Å²) in [5.41, 5.74) is 0.867. The van der Waals surface area contributed by atoms with Crippen molar-refractivity contribution in [3.8, 4) is 0 Å². The van der Waals surface area contributed by atoms with Crippen LogP contribution in [0, 0.1) is 23.7 Å². The van der Waals surface area contributed by atoms with Crippen LogP contribution in [0.15, 0.2) is 30.4 Å². The zero-order valence-corrected chi connectivity index (χ0v) is 16.2.